The second kappa shape index (κ2) is 8.16. The van der Waals surface area contributed by atoms with E-state index in [-0.39, 0.29) is 23.1 Å². The molecule has 7 heteroatoms. The number of ether oxygens (including phenoxy) is 2. The number of hydrogen-bond donors (Lipinski definition) is 1. The summed E-state index contributed by atoms with van der Waals surface area (Å²) < 4.78 is 49.8. The number of aliphatic carboxylic acids is 1. The summed E-state index contributed by atoms with van der Waals surface area (Å²) in [6.45, 7) is 1.64. The third-order valence-corrected chi connectivity index (χ3v) is 4.06. The molecule has 0 aliphatic rings. The molecular formula is C20H19F3O4. The van der Waals surface area contributed by atoms with E-state index in [1.54, 1.807) is 25.1 Å². The molecule has 0 spiro atoms. The largest absolute Gasteiger partial charge is 0.493 e. The highest BCUT2D eigenvalue weighted by molar-refractivity contribution is 6.01. The predicted octanol–water partition coefficient (Wildman–Crippen LogP) is 5.02. The van der Waals surface area contributed by atoms with Gasteiger partial charge in [0.25, 0.3) is 0 Å². The Hall–Kier alpha value is -2.96. The van der Waals surface area contributed by atoms with Crippen molar-refractivity contribution in [1.29, 1.82) is 0 Å². The van der Waals surface area contributed by atoms with Crippen molar-refractivity contribution in [2.45, 2.75) is 19.5 Å². The van der Waals surface area contributed by atoms with Crippen LogP contribution in [0.5, 0.6) is 11.5 Å². The maximum Gasteiger partial charge on any atom is 0.416 e. The molecule has 0 aliphatic carbocycles. The van der Waals surface area contributed by atoms with Crippen LogP contribution in [-0.2, 0) is 11.0 Å². The molecule has 144 valence electrons. The standard InChI is InChI=1S/C20H19F3O4/c1-4-15(19(24)25)18(12-6-5-7-14(10-12)20(21,22)23)13-8-9-16(26-2)17(11-13)27-3/h5-11H,4H2,1-3H3,(H,24,25)/b18-15-. The number of carboxylic acid groups (broad SMARTS) is 1. The highest BCUT2D eigenvalue weighted by atomic mass is 19.4. The number of benzene rings is 2. The summed E-state index contributed by atoms with van der Waals surface area (Å²) in [5, 5.41) is 9.59. The van der Waals surface area contributed by atoms with Crippen molar-refractivity contribution in [1.82, 2.24) is 0 Å². The Labute approximate surface area is 154 Å². The molecule has 1 N–H and O–H groups in total. The molecule has 0 heterocycles. The molecule has 2 aromatic carbocycles. The number of halogens is 3. The molecule has 0 atom stereocenters. The second-order valence-corrected chi connectivity index (χ2v) is 5.66. The third-order valence-electron chi connectivity index (χ3n) is 4.06. The van der Waals surface area contributed by atoms with E-state index in [0.717, 1.165) is 12.1 Å². The fourth-order valence-corrected chi connectivity index (χ4v) is 2.79. The lowest BCUT2D eigenvalue weighted by Gasteiger charge is -2.16. The van der Waals surface area contributed by atoms with E-state index >= 15 is 0 Å². The molecule has 0 saturated heterocycles. The van der Waals surface area contributed by atoms with Crippen molar-refractivity contribution in [3.05, 3.63) is 64.7 Å². The maximum absolute atomic E-state index is 13.1. The smallest absolute Gasteiger partial charge is 0.416 e. The molecule has 4 nitrogen and oxygen atoms in total. The molecule has 0 aliphatic heterocycles. The van der Waals surface area contributed by atoms with Crippen LogP contribution in [0.3, 0.4) is 0 Å². The van der Waals surface area contributed by atoms with Crippen LogP contribution in [0.2, 0.25) is 0 Å². The summed E-state index contributed by atoms with van der Waals surface area (Å²) >= 11 is 0. The topological polar surface area (TPSA) is 55.8 Å². The van der Waals surface area contributed by atoms with Gasteiger partial charge in [0.1, 0.15) is 0 Å². The molecule has 0 amide bonds. The summed E-state index contributed by atoms with van der Waals surface area (Å²) in [7, 11) is 2.88. The molecule has 27 heavy (non-hydrogen) atoms. The van der Waals surface area contributed by atoms with Gasteiger partial charge >= 0.3 is 12.1 Å². The van der Waals surface area contributed by atoms with Crippen molar-refractivity contribution in [3.63, 3.8) is 0 Å². The first-order valence-corrected chi connectivity index (χ1v) is 8.09. The lowest BCUT2D eigenvalue weighted by atomic mass is 9.90. The Bertz CT molecular complexity index is 870. The Balaban J connectivity index is 2.77. The van der Waals surface area contributed by atoms with Crippen LogP contribution in [-0.4, -0.2) is 25.3 Å². The van der Waals surface area contributed by atoms with E-state index in [4.69, 9.17) is 9.47 Å². The molecule has 0 aromatic heterocycles. The van der Waals surface area contributed by atoms with Crippen LogP contribution in [0.15, 0.2) is 48.0 Å². The molecule has 0 fully saturated rings. The average Bonchev–Trinajstić information content (AvgIpc) is 2.64. The van der Waals surface area contributed by atoms with Gasteiger partial charge in [-0.3, -0.25) is 0 Å². The first kappa shape index (κ1) is 20.4. The number of hydrogen-bond acceptors (Lipinski definition) is 3. The lowest BCUT2D eigenvalue weighted by molar-refractivity contribution is -0.137. The summed E-state index contributed by atoms with van der Waals surface area (Å²) in [6.07, 6.45) is -4.40. The first-order valence-electron chi connectivity index (χ1n) is 8.09. The number of carbonyl (C=O) groups is 1. The molecule has 2 rings (SSSR count). The number of rotatable bonds is 6. The number of methoxy groups -OCH3 is 2. The van der Waals surface area contributed by atoms with Gasteiger partial charge in [0.2, 0.25) is 0 Å². The van der Waals surface area contributed by atoms with Crippen molar-refractivity contribution < 1.29 is 32.5 Å². The van der Waals surface area contributed by atoms with Crippen molar-refractivity contribution >= 4 is 11.5 Å². The Morgan fingerprint density at radius 3 is 2.15 bits per heavy atom. The highest BCUT2D eigenvalue weighted by Crippen LogP contribution is 2.37. The van der Waals surface area contributed by atoms with Gasteiger partial charge in [-0.1, -0.05) is 25.1 Å². The normalized spacial score (nSPS) is 12.4. The van der Waals surface area contributed by atoms with Gasteiger partial charge in [0.15, 0.2) is 11.5 Å². The molecule has 2 aromatic rings. The summed E-state index contributed by atoms with van der Waals surface area (Å²) in [5.41, 5.74) is -0.0556. The van der Waals surface area contributed by atoms with Gasteiger partial charge in [-0.2, -0.15) is 13.2 Å². The van der Waals surface area contributed by atoms with Gasteiger partial charge in [0, 0.05) is 5.57 Å². The zero-order chi connectivity index (χ0) is 20.2. The van der Waals surface area contributed by atoms with E-state index in [9.17, 15) is 23.1 Å². The molecule has 0 bridgehead atoms. The molecule has 0 unspecified atom stereocenters. The highest BCUT2D eigenvalue weighted by Gasteiger charge is 2.31. The van der Waals surface area contributed by atoms with Crippen LogP contribution in [0.25, 0.3) is 5.57 Å². The van der Waals surface area contributed by atoms with Crippen LogP contribution in [0, 0.1) is 0 Å². The van der Waals surface area contributed by atoms with Crippen molar-refractivity contribution in [2.75, 3.05) is 14.2 Å². The number of alkyl halides is 3. The van der Waals surface area contributed by atoms with Crippen molar-refractivity contribution in [2.24, 2.45) is 0 Å². The fourth-order valence-electron chi connectivity index (χ4n) is 2.79. The molecule has 0 radical (unpaired) electrons. The van der Waals surface area contributed by atoms with Crippen LogP contribution >= 0.6 is 0 Å². The zero-order valence-corrected chi connectivity index (χ0v) is 15.1. The van der Waals surface area contributed by atoms with Gasteiger partial charge in [0.05, 0.1) is 19.8 Å². The average molecular weight is 380 g/mol. The van der Waals surface area contributed by atoms with Gasteiger partial charge in [-0.05, 0) is 47.4 Å². The van der Waals surface area contributed by atoms with Crippen LogP contribution in [0.4, 0.5) is 13.2 Å². The van der Waals surface area contributed by atoms with Gasteiger partial charge in [-0.25, -0.2) is 4.79 Å². The molecular weight excluding hydrogens is 361 g/mol. The van der Waals surface area contributed by atoms with Gasteiger partial charge in [-0.15, -0.1) is 0 Å². The predicted molar refractivity (Wildman–Crippen MR) is 94.9 cm³/mol. The van der Waals surface area contributed by atoms with E-state index < -0.39 is 17.7 Å². The zero-order valence-electron chi connectivity index (χ0n) is 15.1. The minimum atomic E-state index is -4.53. The van der Waals surface area contributed by atoms with E-state index in [2.05, 4.69) is 0 Å². The first-order chi connectivity index (χ1) is 12.7. The number of carboxylic acids is 1. The molecule has 0 saturated carbocycles. The van der Waals surface area contributed by atoms with Crippen molar-refractivity contribution in [3.8, 4) is 11.5 Å². The SMILES string of the molecule is CC/C(C(=O)O)=C(\c1cccc(C(F)(F)F)c1)c1ccc(OC)c(OC)c1. The van der Waals surface area contributed by atoms with E-state index in [1.165, 1.54) is 26.4 Å². The lowest BCUT2D eigenvalue weighted by Crippen LogP contribution is -2.08. The summed E-state index contributed by atoms with van der Waals surface area (Å²) in [4.78, 5) is 11.7. The summed E-state index contributed by atoms with van der Waals surface area (Å²) in [6, 6.07) is 9.33. The monoisotopic (exact) mass is 380 g/mol. The Morgan fingerprint density at radius 1 is 1.00 bits per heavy atom. The minimum absolute atomic E-state index is 0.00143. The van der Waals surface area contributed by atoms with Gasteiger partial charge < -0.3 is 14.6 Å². The second-order valence-electron chi connectivity index (χ2n) is 5.66. The Morgan fingerprint density at radius 2 is 1.63 bits per heavy atom. The summed E-state index contributed by atoms with van der Waals surface area (Å²) in [5.74, 6) is -0.418. The Kier molecular flexibility index (Phi) is 6.15. The van der Waals surface area contributed by atoms with Crippen LogP contribution in [0.1, 0.15) is 30.0 Å². The maximum atomic E-state index is 13.1. The van der Waals surface area contributed by atoms with E-state index in [1.807, 2.05) is 0 Å². The van der Waals surface area contributed by atoms with E-state index in [0.29, 0.717) is 17.1 Å². The van der Waals surface area contributed by atoms with Crippen LogP contribution < -0.4 is 9.47 Å². The minimum Gasteiger partial charge on any atom is -0.493 e. The third kappa shape index (κ3) is 4.42. The quantitative estimate of drug-likeness (QED) is 0.715. The fraction of sp³-hybridized carbons (Fsp3) is 0.250.